The van der Waals surface area contributed by atoms with E-state index in [1.165, 1.54) is 6.07 Å². The fourth-order valence-electron chi connectivity index (χ4n) is 1.46. The van der Waals surface area contributed by atoms with Crippen LogP contribution in [0.25, 0.3) is 11.4 Å². The Morgan fingerprint density at radius 1 is 1.41 bits per heavy atom. The van der Waals surface area contributed by atoms with E-state index in [-0.39, 0.29) is 28.9 Å². The van der Waals surface area contributed by atoms with E-state index in [4.69, 9.17) is 16.1 Å². The average molecular weight is 337 g/mol. The van der Waals surface area contributed by atoms with Crippen LogP contribution in [0.15, 0.2) is 22.7 Å². The summed E-state index contributed by atoms with van der Waals surface area (Å²) in [6, 6.07) is 3.40. The summed E-state index contributed by atoms with van der Waals surface area (Å²) in [5, 5.41) is 3.23. The van der Waals surface area contributed by atoms with Crippen molar-refractivity contribution in [3.63, 3.8) is 0 Å². The number of carbonyl (C=O) groups excluding carboxylic acids is 1. The van der Waals surface area contributed by atoms with Crippen LogP contribution < -0.4 is 4.74 Å². The Morgan fingerprint density at radius 2 is 2.14 bits per heavy atom. The SMILES string of the molecule is CCOC(=O)c1nc(-c2ccc(OC(F)(F)F)c(Cl)c2)no1. The van der Waals surface area contributed by atoms with Gasteiger partial charge >= 0.3 is 18.2 Å². The lowest BCUT2D eigenvalue weighted by molar-refractivity contribution is -0.274. The van der Waals surface area contributed by atoms with Crippen LogP contribution in [0.2, 0.25) is 5.02 Å². The molecule has 0 saturated carbocycles. The van der Waals surface area contributed by atoms with Gasteiger partial charge in [-0.1, -0.05) is 16.8 Å². The highest BCUT2D eigenvalue weighted by molar-refractivity contribution is 6.32. The van der Waals surface area contributed by atoms with Crippen molar-refractivity contribution in [3.8, 4) is 17.1 Å². The van der Waals surface area contributed by atoms with Crippen molar-refractivity contribution in [1.82, 2.24) is 10.1 Å². The molecule has 2 aromatic rings. The van der Waals surface area contributed by atoms with Crippen molar-refractivity contribution in [1.29, 1.82) is 0 Å². The highest BCUT2D eigenvalue weighted by Crippen LogP contribution is 2.33. The largest absolute Gasteiger partial charge is 0.573 e. The van der Waals surface area contributed by atoms with E-state index < -0.39 is 18.1 Å². The van der Waals surface area contributed by atoms with Gasteiger partial charge in [-0.3, -0.25) is 0 Å². The number of rotatable bonds is 4. The first kappa shape index (κ1) is 16.1. The van der Waals surface area contributed by atoms with E-state index in [1.807, 2.05) is 0 Å². The van der Waals surface area contributed by atoms with Crippen LogP contribution in [-0.2, 0) is 4.74 Å². The van der Waals surface area contributed by atoms with Gasteiger partial charge in [0.1, 0.15) is 5.75 Å². The molecule has 0 aliphatic rings. The van der Waals surface area contributed by atoms with E-state index in [0.29, 0.717) is 0 Å². The fourth-order valence-corrected chi connectivity index (χ4v) is 1.68. The molecular formula is C12H8ClF3N2O4. The Kier molecular flexibility index (Phi) is 4.55. The van der Waals surface area contributed by atoms with Gasteiger partial charge in [-0.05, 0) is 25.1 Å². The Morgan fingerprint density at radius 3 is 2.73 bits per heavy atom. The molecule has 0 unspecified atom stereocenters. The maximum atomic E-state index is 12.1. The molecule has 0 aliphatic heterocycles. The van der Waals surface area contributed by atoms with Gasteiger partial charge in [0, 0.05) is 5.56 Å². The maximum Gasteiger partial charge on any atom is 0.573 e. The number of benzene rings is 1. The molecule has 22 heavy (non-hydrogen) atoms. The molecule has 0 atom stereocenters. The minimum absolute atomic E-state index is 0.0245. The number of halogens is 4. The molecule has 0 N–H and O–H groups in total. The summed E-state index contributed by atoms with van der Waals surface area (Å²) in [7, 11) is 0. The van der Waals surface area contributed by atoms with Crippen LogP contribution in [0, 0.1) is 0 Å². The van der Waals surface area contributed by atoms with Gasteiger partial charge in [-0.25, -0.2) is 4.79 Å². The summed E-state index contributed by atoms with van der Waals surface area (Å²) in [5.41, 5.74) is 0.249. The Labute approximate surface area is 126 Å². The Bertz CT molecular complexity index is 687. The van der Waals surface area contributed by atoms with Gasteiger partial charge in [-0.15, -0.1) is 13.2 Å². The van der Waals surface area contributed by atoms with Crippen molar-refractivity contribution in [3.05, 3.63) is 29.1 Å². The van der Waals surface area contributed by atoms with E-state index >= 15 is 0 Å². The molecule has 0 spiro atoms. The molecule has 10 heteroatoms. The third kappa shape index (κ3) is 3.88. The minimum atomic E-state index is -4.85. The predicted octanol–water partition coefficient (Wildman–Crippen LogP) is 3.47. The van der Waals surface area contributed by atoms with Gasteiger partial charge in [0.15, 0.2) is 0 Å². The monoisotopic (exact) mass is 336 g/mol. The Balaban J connectivity index is 2.23. The lowest BCUT2D eigenvalue weighted by Gasteiger charge is -2.10. The number of hydrogen-bond acceptors (Lipinski definition) is 6. The zero-order valence-electron chi connectivity index (χ0n) is 11.0. The van der Waals surface area contributed by atoms with Gasteiger partial charge < -0.3 is 14.0 Å². The van der Waals surface area contributed by atoms with E-state index in [1.54, 1.807) is 6.92 Å². The first-order valence-corrected chi connectivity index (χ1v) is 6.24. The lowest BCUT2D eigenvalue weighted by Crippen LogP contribution is -2.17. The van der Waals surface area contributed by atoms with Crippen molar-refractivity contribution in [2.24, 2.45) is 0 Å². The molecule has 1 heterocycles. The van der Waals surface area contributed by atoms with Crippen LogP contribution in [0.4, 0.5) is 13.2 Å². The molecule has 0 saturated heterocycles. The molecule has 118 valence electrons. The molecule has 1 aromatic carbocycles. The summed E-state index contributed by atoms with van der Waals surface area (Å²) < 4.78 is 49.5. The number of aromatic nitrogens is 2. The molecule has 0 aliphatic carbocycles. The lowest BCUT2D eigenvalue weighted by atomic mass is 10.2. The fraction of sp³-hybridized carbons (Fsp3) is 0.250. The van der Waals surface area contributed by atoms with Crippen molar-refractivity contribution in [2.75, 3.05) is 6.61 Å². The molecule has 0 radical (unpaired) electrons. The molecule has 6 nitrogen and oxygen atoms in total. The van der Waals surface area contributed by atoms with E-state index in [9.17, 15) is 18.0 Å². The summed E-state index contributed by atoms with van der Waals surface area (Å²) in [5.74, 6) is -1.76. The van der Waals surface area contributed by atoms with Crippen LogP contribution in [-0.4, -0.2) is 29.1 Å². The zero-order chi connectivity index (χ0) is 16.3. The maximum absolute atomic E-state index is 12.1. The standard InChI is InChI=1S/C12H8ClF3N2O4/c1-2-20-11(19)10-17-9(18-22-10)6-3-4-8(7(13)5-6)21-12(14,15)16/h3-5H,2H2,1H3. The second kappa shape index (κ2) is 6.22. The first-order chi connectivity index (χ1) is 10.3. The number of hydrogen-bond donors (Lipinski definition) is 0. The smallest absolute Gasteiger partial charge is 0.459 e. The molecule has 1 aromatic heterocycles. The van der Waals surface area contributed by atoms with Crippen molar-refractivity contribution >= 4 is 17.6 Å². The van der Waals surface area contributed by atoms with Gasteiger partial charge in [0.25, 0.3) is 0 Å². The normalized spacial score (nSPS) is 11.3. The van der Waals surface area contributed by atoms with Crippen LogP contribution in [0.3, 0.4) is 0 Å². The summed E-state index contributed by atoms with van der Waals surface area (Å²) in [4.78, 5) is 15.1. The molecule has 0 fully saturated rings. The third-order valence-electron chi connectivity index (χ3n) is 2.29. The molecule has 0 bridgehead atoms. The van der Waals surface area contributed by atoms with Crippen molar-refractivity contribution in [2.45, 2.75) is 13.3 Å². The number of carbonyl (C=O) groups is 1. The second-order valence-corrected chi connectivity index (χ2v) is 4.24. The zero-order valence-corrected chi connectivity index (χ0v) is 11.7. The molecular weight excluding hydrogens is 329 g/mol. The minimum Gasteiger partial charge on any atom is -0.459 e. The van der Waals surface area contributed by atoms with E-state index in [2.05, 4.69) is 19.6 Å². The number of esters is 1. The number of alkyl halides is 3. The third-order valence-corrected chi connectivity index (χ3v) is 2.59. The van der Waals surface area contributed by atoms with E-state index in [0.717, 1.165) is 12.1 Å². The van der Waals surface area contributed by atoms with Crippen LogP contribution >= 0.6 is 11.6 Å². The van der Waals surface area contributed by atoms with Gasteiger partial charge in [-0.2, -0.15) is 4.98 Å². The van der Waals surface area contributed by atoms with Crippen LogP contribution in [0.5, 0.6) is 5.75 Å². The summed E-state index contributed by atoms with van der Waals surface area (Å²) >= 11 is 5.70. The quantitative estimate of drug-likeness (QED) is 0.796. The second-order valence-electron chi connectivity index (χ2n) is 3.84. The highest BCUT2D eigenvalue weighted by atomic mass is 35.5. The Hall–Kier alpha value is -2.29. The van der Waals surface area contributed by atoms with Crippen LogP contribution in [0.1, 0.15) is 17.6 Å². The summed E-state index contributed by atoms with van der Waals surface area (Å²) in [6.07, 6.45) is -4.85. The molecule has 0 amide bonds. The molecule has 2 rings (SSSR count). The van der Waals surface area contributed by atoms with Gasteiger partial charge in [0.2, 0.25) is 5.82 Å². The first-order valence-electron chi connectivity index (χ1n) is 5.86. The average Bonchev–Trinajstić information content (AvgIpc) is 2.89. The highest BCUT2D eigenvalue weighted by Gasteiger charge is 2.32. The topological polar surface area (TPSA) is 74.5 Å². The van der Waals surface area contributed by atoms with Crippen molar-refractivity contribution < 1.29 is 32.0 Å². The number of ether oxygens (including phenoxy) is 2. The predicted molar refractivity (Wildman–Crippen MR) is 67.4 cm³/mol. The van der Waals surface area contributed by atoms with Gasteiger partial charge in [0.05, 0.1) is 11.6 Å². The number of nitrogens with zero attached hydrogens (tertiary/aromatic N) is 2. The summed E-state index contributed by atoms with van der Waals surface area (Å²) in [6.45, 7) is 1.74.